The number of rotatable bonds is 8. The lowest BCUT2D eigenvalue weighted by Gasteiger charge is -2.04. The first kappa shape index (κ1) is 30.9. The highest BCUT2D eigenvalue weighted by atomic mass is 32.2. The van der Waals surface area contributed by atoms with Gasteiger partial charge >= 0.3 is 11.9 Å². The van der Waals surface area contributed by atoms with E-state index < -0.39 is 33.4 Å². The number of carbonyl (C=O) groups excluding carboxylic acids is 1. The molecule has 0 spiro atoms. The number of aliphatic hydroxyl groups excluding tert-OH is 1. The summed E-state index contributed by atoms with van der Waals surface area (Å²) in [4.78, 5) is 30.8. The Kier molecular flexibility index (Phi) is 15.0. The molecular formula is C22H31NO8S. The minimum atomic E-state index is -3.52. The molecule has 0 fully saturated rings. The third-order valence-corrected chi connectivity index (χ3v) is 5.50. The van der Waals surface area contributed by atoms with Crippen molar-refractivity contribution in [1.82, 2.24) is 0 Å². The van der Waals surface area contributed by atoms with Crippen LogP contribution in [-0.2, 0) is 24.2 Å². The van der Waals surface area contributed by atoms with Gasteiger partial charge < -0.3 is 21.1 Å². The summed E-state index contributed by atoms with van der Waals surface area (Å²) in [6.07, 6.45) is 3.46. The van der Waals surface area contributed by atoms with E-state index in [1.165, 1.54) is 25.1 Å². The Bertz CT molecular complexity index is 958. The second kappa shape index (κ2) is 15.5. The number of nitrogens with two attached hydrogens (primary N) is 1. The first-order valence-electron chi connectivity index (χ1n) is 9.33. The Hall–Kier alpha value is -3.24. The molecule has 10 heteroatoms. The van der Waals surface area contributed by atoms with Gasteiger partial charge in [0, 0.05) is 23.3 Å². The van der Waals surface area contributed by atoms with E-state index >= 15 is 0 Å². The first-order valence-corrected chi connectivity index (χ1v) is 11.0. The normalized spacial score (nSPS) is 11.3. The molecule has 1 amide bonds. The fourth-order valence-electron chi connectivity index (χ4n) is 1.62. The predicted octanol–water partition coefficient (Wildman–Crippen LogP) is 2.25. The van der Waals surface area contributed by atoms with E-state index in [4.69, 9.17) is 21.1 Å². The molecule has 1 rings (SSSR count). The zero-order valence-electron chi connectivity index (χ0n) is 18.7. The number of carboxylic acid groups (broad SMARTS) is 2. The Morgan fingerprint density at radius 3 is 1.81 bits per heavy atom. The van der Waals surface area contributed by atoms with Crippen molar-refractivity contribution in [2.45, 2.75) is 39.0 Å². The molecule has 0 bridgehead atoms. The van der Waals surface area contributed by atoms with Gasteiger partial charge in [0.1, 0.15) is 0 Å². The van der Waals surface area contributed by atoms with Crippen LogP contribution in [0.5, 0.6) is 0 Å². The summed E-state index contributed by atoms with van der Waals surface area (Å²) in [6, 6.07) is 6.39. The minimum absolute atomic E-state index is 0.00458. The number of hydrogen-bond acceptors (Lipinski definition) is 6. The number of allylic oxidation sites excluding steroid dienone is 1. The number of hydrogen-bond donors (Lipinski definition) is 4. The van der Waals surface area contributed by atoms with Gasteiger partial charge in [-0.1, -0.05) is 36.4 Å². The van der Waals surface area contributed by atoms with Crippen LogP contribution in [0.2, 0.25) is 0 Å². The zero-order valence-corrected chi connectivity index (χ0v) is 19.5. The van der Waals surface area contributed by atoms with Gasteiger partial charge in [-0.2, -0.15) is 0 Å². The van der Waals surface area contributed by atoms with Gasteiger partial charge in [-0.25, -0.2) is 18.0 Å². The number of carbonyl (C=O) groups is 3. The zero-order chi connectivity index (χ0) is 25.5. The standard InChI is InChI=1S/C11H13NO3S.C6H10O3.C5H8O2/c1-8-3-5-10(6-4-8)16(14,15)7-9(2)11(12)13;1-5(6(8)9)3-2-4-7;1-3-4(2)5(6)7/h3-6H,2,7H2,1H3,(H2,12,13);3,7H,2,4H2,1H3,(H,8,9);3H,1-2H3,(H,6,7). The fourth-order valence-corrected chi connectivity index (χ4v) is 2.94. The summed E-state index contributed by atoms with van der Waals surface area (Å²) < 4.78 is 23.6. The van der Waals surface area contributed by atoms with Crippen molar-refractivity contribution >= 4 is 27.7 Å². The van der Waals surface area contributed by atoms with Gasteiger partial charge in [0.15, 0.2) is 9.84 Å². The second-order valence-electron chi connectivity index (χ2n) is 6.52. The summed E-state index contributed by atoms with van der Waals surface area (Å²) in [5.41, 5.74) is 6.47. The van der Waals surface area contributed by atoms with Crippen LogP contribution in [0.4, 0.5) is 0 Å². The smallest absolute Gasteiger partial charge is 0.330 e. The van der Waals surface area contributed by atoms with Crippen LogP contribution in [0.1, 0.15) is 32.8 Å². The average Bonchev–Trinajstić information content (AvgIpc) is 2.71. The molecule has 178 valence electrons. The molecule has 9 nitrogen and oxygen atoms in total. The second-order valence-corrected chi connectivity index (χ2v) is 8.51. The number of sulfone groups is 1. The number of carboxylic acids is 2. The van der Waals surface area contributed by atoms with Crippen molar-refractivity contribution in [1.29, 1.82) is 0 Å². The van der Waals surface area contributed by atoms with Crippen LogP contribution < -0.4 is 5.73 Å². The van der Waals surface area contributed by atoms with Gasteiger partial charge in [0.05, 0.1) is 10.6 Å². The molecule has 0 heterocycles. The van der Waals surface area contributed by atoms with E-state index in [1.54, 1.807) is 32.1 Å². The lowest BCUT2D eigenvalue weighted by atomic mass is 10.2. The molecule has 0 saturated heterocycles. The van der Waals surface area contributed by atoms with Gasteiger partial charge in [-0.15, -0.1) is 0 Å². The number of amides is 1. The molecule has 5 N–H and O–H groups in total. The Morgan fingerprint density at radius 1 is 1.03 bits per heavy atom. The van der Waals surface area contributed by atoms with Crippen molar-refractivity contribution in [2.24, 2.45) is 5.73 Å². The molecule has 0 saturated carbocycles. The van der Waals surface area contributed by atoms with Crippen LogP contribution in [0.15, 0.2) is 64.6 Å². The topological polar surface area (TPSA) is 172 Å². The lowest BCUT2D eigenvalue weighted by Crippen LogP contribution is -2.20. The van der Waals surface area contributed by atoms with Crippen molar-refractivity contribution in [3.63, 3.8) is 0 Å². The number of benzene rings is 1. The Balaban J connectivity index is 0. The van der Waals surface area contributed by atoms with Crippen molar-refractivity contribution < 1.29 is 38.1 Å². The van der Waals surface area contributed by atoms with Crippen LogP contribution in [0, 0.1) is 6.92 Å². The molecule has 0 aliphatic carbocycles. The minimum Gasteiger partial charge on any atom is -0.478 e. The van der Waals surface area contributed by atoms with E-state index in [-0.39, 0.29) is 22.6 Å². The highest BCUT2D eigenvalue weighted by Crippen LogP contribution is 2.14. The first-order chi connectivity index (χ1) is 14.7. The van der Waals surface area contributed by atoms with Crippen molar-refractivity contribution in [3.8, 4) is 0 Å². The summed E-state index contributed by atoms with van der Waals surface area (Å²) in [5, 5.41) is 24.6. The number of primary amides is 1. The van der Waals surface area contributed by atoms with Gasteiger partial charge in [-0.3, -0.25) is 4.79 Å². The SMILES string of the molecule is C=C(CS(=O)(=O)c1ccc(C)cc1)C(N)=O.CC(=CCCO)C(=O)O.CC=C(C)C(=O)O. The molecule has 0 atom stereocenters. The maximum Gasteiger partial charge on any atom is 0.330 e. The molecule has 32 heavy (non-hydrogen) atoms. The molecule has 0 radical (unpaired) electrons. The van der Waals surface area contributed by atoms with Crippen LogP contribution in [0.3, 0.4) is 0 Å². The van der Waals surface area contributed by atoms with Crippen molar-refractivity contribution in [2.75, 3.05) is 12.4 Å². The fraction of sp³-hybridized carbons (Fsp3) is 0.318. The quantitative estimate of drug-likeness (QED) is 0.420. The van der Waals surface area contributed by atoms with E-state index in [0.29, 0.717) is 12.0 Å². The summed E-state index contributed by atoms with van der Waals surface area (Å²) in [6.45, 7) is 9.95. The van der Waals surface area contributed by atoms with Gasteiger partial charge in [0.25, 0.3) is 0 Å². The molecular weight excluding hydrogens is 438 g/mol. The summed E-state index contributed by atoms with van der Waals surface area (Å²) >= 11 is 0. The molecule has 1 aromatic carbocycles. The largest absolute Gasteiger partial charge is 0.478 e. The molecule has 0 unspecified atom stereocenters. The van der Waals surface area contributed by atoms with E-state index in [2.05, 4.69) is 6.58 Å². The van der Waals surface area contributed by atoms with Crippen molar-refractivity contribution in [3.05, 3.63) is 65.3 Å². The molecule has 0 aliphatic rings. The molecule has 1 aromatic rings. The van der Waals surface area contributed by atoms with E-state index in [9.17, 15) is 22.8 Å². The Labute approximate surface area is 188 Å². The third kappa shape index (κ3) is 13.9. The maximum absolute atomic E-state index is 11.8. The van der Waals surface area contributed by atoms with Gasteiger partial charge in [0.2, 0.25) is 5.91 Å². The average molecular weight is 470 g/mol. The van der Waals surface area contributed by atoms with Crippen LogP contribution >= 0.6 is 0 Å². The lowest BCUT2D eigenvalue weighted by molar-refractivity contribution is -0.133. The molecule has 0 aliphatic heterocycles. The van der Waals surface area contributed by atoms with Crippen LogP contribution in [0.25, 0.3) is 0 Å². The third-order valence-electron chi connectivity index (χ3n) is 3.78. The van der Waals surface area contributed by atoms with Crippen LogP contribution in [-0.4, -0.2) is 53.9 Å². The number of aryl methyl sites for hydroxylation is 1. The number of aliphatic hydroxyl groups is 1. The maximum atomic E-state index is 11.8. The molecule has 0 aromatic heterocycles. The predicted molar refractivity (Wildman–Crippen MR) is 122 cm³/mol. The highest BCUT2D eigenvalue weighted by molar-refractivity contribution is 7.91. The van der Waals surface area contributed by atoms with E-state index in [0.717, 1.165) is 5.56 Å². The monoisotopic (exact) mass is 469 g/mol. The summed E-state index contributed by atoms with van der Waals surface area (Å²) in [5.74, 6) is -3.01. The number of aliphatic carboxylic acids is 2. The van der Waals surface area contributed by atoms with Gasteiger partial charge in [-0.05, 0) is 46.2 Å². The highest BCUT2D eigenvalue weighted by Gasteiger charge is 2.17. The Morgan fingerprint density at radius 2 is 1.50 bits per heavy atom. The summed E-state index contributed by atoms with van der Waals surface area (Å²) in [7, 11) is -3.52. The van der Waals surface area contributed by atoms with E-state index in [1.807, 2.05) is 6.92 Å².